The molecule has 0 N–H and O–H groups in total. The Morgan fingerprint density at radius 3 is 3.00 bits per heavy atom. The highest BCUT2D eigenvalue weighted by atomic mass is 32.1. The molecule has 0 aromatic carbocycles. The minimum absolute atomic E-state index is 0.139. The monoisotopic (exact) mass is 315 g/mol. The van der Waals surface area contributed by atoms with Gasteiger partial charge in [0.15, 0.2) is 0 Å². The highest BCUT2D eigenvalue weighted by molar-refractivity contribution is 7.09. The Bertz CT molecular complexity index is 601. The molecule has 1 amide bonds. The second kappa shape index (κ2) is 7.45. The standard InChI is InChI=1S/C18H21NO2S/c20-18(16-5-2-1-3-6-16)19(13-15-9-11-21-14-15)10-8-17-7-4-12-22-17/h1-2,4,7,9,11-12,14,16H,3,5-6,8,10,13H2/t16-/m0/s1. The van der Waals surface area contributed by atoms with Gasteiger partial charge < -0.3 is 9.32 Å². The summed E-state index contributed by atoms with van der Waals surface area (Å²) in [4.78, 5) is 16.2. The van der Waals surface area contributed by atoms with Crippen molar-refractivity contribution in [3.63, 3.8) is 0 Å². The van der Waals surface area contributed by atoms with Crippen molar-refractivity contribution in [3.05, 3.63) is 58.7 Å². The van der Waals surface area contributed by atoms with E-state index in [0.29, 0.717) is 6.54 Å². The molecule has 3 nitrogen and oxygen atoms in total. The predicted octanol–water partition coefficient (Wildman–Crippen LogP) is 4.27. The SMILES string of the molecule is O=C([C@H]1CC=CCC1)N(CCc1cccs1)Cc1ccoc1. The van der Waals surface area contributed by atoms with Gasteiger partial charge in [-0.15, -0.1) is 11.3 Å². The number of amides is 1. The van der Waals surface area contributed by atoms with Crippen LogP contribution in [0.2, 0.25) is 0 Å². The molecular weight excluding hydrogens is 294 g/mol. The number of hydrogen-bond donors (Lipinski definition) is 0. The summed E-state index contributed by atoms with van der Waals surface area (Å²) in [6.07, 6.45) is 11.5. The van der Waals surface area contributed by atoms with Crippen molar-refractivity contribution < 1.29 is 9.21 Å². The summed E-state index contributed by atoms with van der Waals surface area (Å²) in [5.74, 6) is 0.419. The van der Waals surface area contributed by atoms with Crippen LogP contribution in [0.4, 0.5) is 0 Å². The topological polar surface area (TPSA) is 33.5 Å². The van der Waals surface area contributed by atoms with Crippen molar-refractivity contribution >= 4 is 17.2 Å². The number of allylic oxidation sites excluding steroid dienone is 2. The number of furan rings is 1. The van der Waals surface area contributed by atoms with Crippen molar-refractivity contribution in [1.82, 2.24) is 4.90 Å². The fourth-order valence-corrected chi connectivity index (χ4v) is 3.54. The maximum absolute atomic E-state index is 12.8. The molecule has 0 bridgehead atoms. The van der Waals surface area contributed by atoms with E-state index in [1.54, 1.807) is 23.9 Å². The molecular formula is C18H21NO2S. The van der Waals surface area contributed by atoms with Crippen molar-refractivity contribution in [3.8, 4) is 0 Å². The number of carbonyl (C=O) groups is 1. The third-order valence-electron chi connectivity index (χ3n) is 4.09. The minimum Gasteiger partial charge on any atom is -0.472 e. The summed E-state index contributed by atoms with van der Waals surface area (Å²) in [6, 6.07) is 6.13. The van der Waals surface area contributed by atoms with Gasteiger partial charge in [0.25, 0.3) is 0 Å². The second-order valence-electron chi connectivity index (χ2n) is 5.70. The van der Waals surface area contributed by atoms with Crippen LogP contribution in [-0.4, -0.2) is 17.4 Å². The highest BCUT2D eigenvalue weighted by Gasteiger charge is 2.24. The lowest BCUT2D eigenvalue weighted by atomic mass is 9.93. The molecule has 116 valence electrons. The first kappa shape index (κ1) is 15.1. The molecule has 3 rings (SSSR count). The Morgan fingerprint density at radius 2 is 2.32 bits per heavy atom. The number of thiophene rings is 1. The van der Waals surface area contributed by atoms with E-state index in [4.69, 9.17) is 4.42 Å². The molecule has 0 spiro atoms. The first-order chi connectivity index (χ1) is 10.8. The second-order valence-corrected chi connectivity index (χ2v) is 6.73. The molecule has 0 aliphatic heterocycles. The van der Waals surface area contributed by atoms with E-state index in [9.17, 15) is 4.79 Å². The third-order valence-corrected chi connectivity index (χ3v) is 5.03. The summed E-state index contributed by atoms with van der Waals surface area (Å²) < 4.78 is 5.14. The van der Waals surface area contributed by atoms with Crippen LogP contribution in [-0.2, 0) is 17.8 Å². The van der Waals surface area contributed by atoms with E-state index in [-0.39, 0.29) is 11.8 Å². The zero-order chi connectivity index (χ0) is 15.2. The van der Waals surface area contributed by atoms with Gasteiger partial charge in [0.1, 0.15) is 0 Å². The quantitative estimate of drug-likeness (QED) is 0.746. The summed E-state index contributed by atoms with van der Waals surface area (Å²) in [6.45, 7) is 1.41. The lowest BCUT2D eigenvalue weighted by molar-refractivity contribution is -0.136. The van der Waals surface area contributed by atoms with Gasteiger partial charge in [0.2, 0.25) is 5.91 Å². The molecule has 0 unspecified atom stereocenters. The molecule has 1 aliphatic carbocycles. The minimum atomic E-state index is 0.139. The summed E-state index contributed by atoms with van der Waals surface area (Å²) in [5.41, 5.74) is 1.06. The number of nitrogens with zero attached hydrogens (tertiary/aromatic N) is 1. The fourth-order valence-electron chi connectivity index (χ4n) is 2.85. The molecule has 0 saturated heterocycles. The van der Waals surface area contributed by atoms with Gasteiger partial charge in [0.05, 0.1) is 12.5 Å². The predicted molar refractivity (Wildman–Crippen MR) is 88.6 cm³/mol. The van der Waals surface area contributed by atoms with E-state index < -0.39 is 0 Å². The van der Waals surface area contributed by atoms with Gasteiger partial charge in [-0.05, 0) is 43.2 Å². The van der Waals surface area contributed by atoms with Gasteiger partial charge in [-0.25, -0.2) is 0 Å². The van der Waals surface area contributed by atoms with Gasteiger partial charge in [-0.2, -0.15) is 0 Å². The van der Waals surface area contributed by atoms with E-state index in [1.165, 1.54) is 4.88 Å². The Morgan fingerprint density at radius 1 is 1.36 bits per heavy atom. The van der Waals surface area contributed by atoms with Gasteiger partial charge in [-0.1, -0.05) is 18.2 Å². The molecule has 2 heterocycles. The molecule has 4 heteroatoms. The third kappa shape index (κ3) is 3.89. The molecule has 1 atom stereocenters. The van der Waals surface area contributed by atoms with Gasteiger partial charge in [0, 0.05) is 29.4 Å². The summed E-state index contributed by atoms with van der Waals surface area (Å²) in [5, 5.41) is 2.09. The average molecular weight is 315 g/mol. The smallest absolute Gasteiger partial charge is 0.226 e. The summed E-state index contributed by atoms with van der Waals surface area (Å²) in [7, 11) is 0. The van der Waals surface area contributed by atoms with E-state index >= 15 is 0 Å². The molecule has 22 heavy (non-hydrogen) atoms. The van der Waals surface area contributed by atoms with Crippen molar-refractivity contribution in [2.75, 3.05) is 6.54 Å². The van der Waals surface area contributed by atoms with Crippen LogP contribution in [0.15, 0.2) is 52.7 Å². The Hall–Kier alpha value is -1.81. The fraction of sp³-hybridized carbons (Fsp3) is 0.389. The Labute approximate surface area is 135 Å². The van der Waals surface area contributed by atoms with Gasteiger partial charge >= 0.3 is 0 Å². The Kier molecular flexibility index (Phi) is 5.11. The lowest BCUT2D eigenvalue weighted by Gasteiger charge is -2.27. The molecule has 2 aromatic heterocycles. The van der Waals surface area contributed by atoms with Crippen LogP contribution in [0, 0.1) is 5.92 Å². The van der Waals surface area contributed by atoms with Crippen LogP contribution >= 0.6 is 11.3 Å². The van der Waals surface area contributed by atoms with Crippen LogP contribution in [0.3, 0.4) is 0 Å². The maximum Gasteiger partial charge on any atom is 0.226 e. The lowest BCUT2D eigenvalue weighted by Crippen LogP contribution is -2.37. The first-order valence-corrected chi connectivity index (χ1v) is 8.68. The van der Waals surface area contributed by atoms with E-state index in [0.717, 1.165) is 37.8 Å². The van der Waals surface area contributed by atoms with Gasteiger partial charge in [-0.3, -0.25) is 4.79 Å². The number of hydrogen-bond acceptors (Lipinski definition) is 3. The molecule has 2 aromatic rings. The van der Waals surface area contributed by atoms with Crippen LogP contribution in [0.5, 0.6) is 0 Å². The molecule has 1 aliphatic rings. The average Bonchev–Trinajstić information content (AvgIpc) is 3.25. The van der Waals surface area contributed by atoms with E-state index in [2.05, 4.69) is 29.7 Å². The maximum atomic E-state index is 12.8. The normalized spacial score (nSPS) is 17.5. The zero-order valence-electron chi connectivity index (χ0n) is 12.6. The first-order valence-electron chi connectivity index (χ1n) is 7.80. The molecule has 0 saturated carbocycles. The molecule has 0 radical (unpaired) electrons. The van der Waals surface area contributed by atoms with Crippen LogP contribution in [0.25, 0.3) is 0 Å². The molecule has 0 fully saturated rings. The largest absolute Gasteiger partial charge is 0.472 e. The summed E-state index contributed by atoms with van der Waals surface area (Å²) >= 11 is 1.75. The van der Waals surface area contributed by atoms with Crippen molar-refractivity contribution in [1.29, 1.82) is 0 Å². The number of carbonyl (C=O) groups excluding carboxylic acids is 1. The van der Waals surface area contributed by atoms with Crippen LogP contribution < -0.4 is 0 Å². The van der Waals surface area contributed by atoms with Crippen LogP contribution in [0.1, 0.15) is 29.7 Å². The van der Waals surface area contributed by atoms with E-state index in [1.807, 2.05) is 11.0 Å². The zero-order valence-corrected chi connectivity index (χ0v) is 13.4. The van der Waals surface area contributed by atoms with Crippen molar-refractivity contribution in [2.24, 2.45) is 5.92 Å². The van der Waals surface area contributed by atoms with Crippen molar-refractivity contribution in [2.45, 2.75) is 32.2 Å². The number of rotatable bonds is 6. The Balaban J connectivity index is 1.66. The highest BCUT2D eigenvalue weighted by Crippen LogP contribution is 2.22.